The van der Waals surface area contributed by atoms with E-state index in [1.54, 1.807) is 37.4 Å². The number of rotatable bonds is 7. The number of guanidine groups is 1. The Labute approximate surface area is 126 Å². The van der Waals surface area contributed by atoms with Gasteiger partial charge in [-0.1, -0.05) is 23.8 Å². The molecule has 0 aliphatic heterocycles. The molecule has 1 rings (SSSR count). The summed E-state index contributed by atoms with van der Waals surface area (Å²) < 4.78 is 26.6. The third-order valence-corrected chi connectivity index (χ3v) is 4.16. The smallest absolute Gasteiger partial charge is 0.240 e. The van der Waals surface area contributed by atoms with Crippen molar-refractivity contribution >= 4 is 16.0 Å². The minimum absolute atomic E-state index is 0.266. The van der Waals surface area contributed by atoms with E-state index in [1.165, 1.54) is 0 Å². The van der Waals surface area contributed by atoms with Gasteiger partial charge in [-0.05, 0) is 19.1 Å². The molecule has 0 saturated heterocycles. The van der Waals surface area contributed by atoms with E-state index in [0.29, 0.717) is 19.0 Å². The molecule has 0 aromatic heterocycles. The van der Waals surface area contributed by atoms with Crippen molar-refractivity contribution in [1.29, 1.82) is 0 Å². The number of aliphatic imine (C=N–C) groups is 1. The summed E-state index contributed by atoms with van der Waals surface area (Å²) in [4.78, 5) is 4.26. The highest BCUT2D eigenvalue weighted by atomic mass is 32.2. The van der Waals surface area contributed by atoms with Crippen LogP contribution in [0.25, 0.3) is 0 Å². The zero-order valence-electron chi connectivity index (χ0n) is 12.4. The van der Waals surface area contributed by atoms with Crippen LogP contribution in [-0.4, -0.2) is 41.1 Å². The van der Waals surface area contributed by atoms with Crippen LogP contribution >= 0.6 is 0 Å². The van der Waals surface area contributed by atoms with Gasteiger partial charge in [0, 0.05) is 26.7 Å². The highest BCUT2D eigenvalue weighted by molar-refractivity contribution is 7.89. The average molecular weight is 310 g/mol. The second-order valence-electron chi connectivity index (χ2n) is 4.38. The molecule has 0 amide bonds. The van der Waals surface area contributed by atoms with Gasteiger partial charge in [0.25, 0.3) is 0 Å². The first kappa shape index (κ1) is 17.2. The zero-order chi connectivity index (χ0) is 15.7. The molecule has 0 saturated carbocycles. The molecule has 6 nitrogen and oxygen atoms in total. The lowest BCUT2D eigenvalue weighted by atomic mass is 10.2. The Kier molecular flexibility index (Phi) is 6.90. The minimum Gasteiger partial charge on any atom is -0.355 e. The Morgan fingerprint density at radius 3 is 2.48 bits per heavy atom. The molecule has 1 aromatic rings. The van der Waals surface area contributed by atoms with Crippen LogP contribution in [0.4, 0.5) is 0 Å². The number of nitrogens with zero attached hydrogens (tertiary/aromatic N) is 1. The Morgan fingerprint density at radius 1 is 1.24 bits per heavy atom. The van der Waals surface area contributed by atoms with Crippen LogP contribution < -0.4 is 15.4 Å². The molecule has 0 spiro atoms. The Morgan fingerprint density at radius 2 is 1.90 bits per heavy atom. The van der Waals surface area contributed by atoms with Crippen LogP contribution in [0.5, 0.6) is 0 Å². The SMILES string of the molecule is C=CCNC(=NC)NCCNS(=O)(=O)c1ccc(C)cc1. The first-order chi connectivity index (χ1) is 9.99. The summed E-state index contributed by atoms with van der Waals surface area (Å²) in [6, 6.07) is 6.73. The van der Waals surface area contributed by atoms with E-state index in [-0.39, 0.29) is 11.4 Å². The van der Waals surface area contributed by atoms with E-state index in [1.807, 2.05) is 6.92 Å². The van der Waals surface area contributed by atoms with Gasteiger partial charge < -0.3 is 10.6 Å². The first-order valence-corrected chi connectivity index (χ1v) is 8.09. The van der Waals surface area contributed by atoms with Crippen molar-refractivity contribution in [3.63, 3.8) is 0 Å². The van der Waals surface area contributed by atoms with Crippen LogP contribution in [-0.2, 0) is 10.0 Å². The molecule has 0 bridgehead atoms. The number of benzene rings is 1. The standard InChI is InChI=1S/C14H22N4O2S/c1-4-9-16-14(15-3)17-10-11-18-21(19,20)13-7-5-12(2)6-8-13/h4-8,18H,1,9-11H2,2-3H3,(H2,15,16,17). The number of hydrogen-bond donors (Lipinski definition) is 3. The first-order valence-electron chi connectivity index (χ1n) is 6.61. The maximum atomic E-state index is 12.0. The van der Waals surface area contributed by atoms with Gasteiger partial charge >= 0.3 is 0 Å². The summed E-state index contributed by atoms with van der Waals surface area (Å²) in [7, 11) is -1.82. The number of hydrogen-bond acceptors (Lipinski definition) is 3. The van der Waals surface area contributed by atoms with E-state index >= 15 is 0 Å². The Balaban J connectivity index is 2.44. The van der Waals surface area contributed by atoms with Crippen LogP contribution in [0.3, 0.4) is 0 Å². The molecule has 0 radical (unpaired) electrons. The average Bonchev–Trinajstić information content (AvgIpc) is 2.47. The van der Waals surface area contributed by atoms with Crippen LogP contribution in [0, 0.1) is 6.92 Å². The van der Waals surface area contributed by atoms with Crippen LogP contribution in [0.2, 0.25) is 0 Å². The second-order valence-corrected chi connectivity index (χ2v) is 6.15. The predicted molar refractivity (Wildman–Crippen MR) is 85.9 cm³/mol. The van der Waals surface area contributed by atoms with Crippen molar-refractivity contribution in [2.45, 2.75) is 11.8 Å². The van der Waals surface area contributed by atoms with E-state index in [9.17, 15) is 8.42 Å². The summed E-state index contributed by atoms with van der Waals surface area (Å²) in [6.45, 7) is 6.80. The summed E-state index contributed by atoms with van der Waals surface area (Å²) in [5, 5.41) is 6.00. The third kappa shape index (κ3) is 5.97. The van der Waals surface area contributed by atoms with Crippen molar-refractivity contribution in [1.82, 2.24) is 15.4 Å². The lowest BCUT2D eigenvalue weighted by Crippen LogP contribution is -2.41. The molecule has 21 heavy (non-hydrogen) atoms. The quantitative estimate of drug-likeness (QED) is 0.298. The molecule has 0 fully saturated rings. The normalized spacial score (nSPS) is 12.0. The fourth-order valence-corrected chi connectivity index (χ4v) is 2.59. The largest absolute Gasteiger partial charge is 0.355 e. The molecule has 116 valence electrons. The van der Waals surface area contributed by atoms with Crippen molar-refractivity contribution in [2.24, 2.45) is 4.99 Å². The van der Waals surface area contributed by atoms with Crippen LogP contribution in [0.15, 0.2) is 46.8 Å². The summed E-state index contributed by atoms with van der Waals surface area (Å²) in [5.74, 6) is 0.601. The summed E-state index contributed by atoms with van der Waals surface area (Å²) >= 11 is 0. The predicted octanol–water partition coefficient (Wildman–Crippen LogP) is 0.624. The van der Waals surface area contributed by atoms with E-state index in [0.717, 1.165) is 5.56 Å². The third-order valence-electron chi connectivity index (χ3n) is 2.68. The maximum Gasteiger partial charge on any atom is 0.240 e. The number of nitrogens with one attached hydrogen (secondary N) is 3. The molecule has 1 aromatic carbocycles. The lowest BCUT2D eigenvalue weighted by molar-refractivity contribution is 0.580. The van der Waals surface area contributed by atoms with E-state index in [4.69, 9.17) is 0 Å². The molecular formula is C14H22N4O2S. The van der Waals surface area contributed by atoms with Gasteiger partial charge in [0.15, 0.2) is 5.96 Å². The highest BCUT2D eigenvalue weighted by Gasteiger charge is 2.12. The van der Waals surface area contributed by atoms with Gasteiger partial charge in [-0.2, -0.15) is 0 Å². The zero-order valence-corrected chi connectivity index (χ0v) is 13.2. The molecule has 0 aliphatic carbocycles. The molecule has 0 unspecified atom stereocenters. The molecule has 0 heterocycles. The lowest BCUT2D eigenvalue weighted by Gasteiger charge is -2.11. The molecule has 0 atom stereocenters. The van der Waals surface area contributed by atoms with Gasteiger partial charge in [-0.25, -0.2) is 13.1 Å². The van der Waals surface area contributed by atoms with Gasteiger partial charge in [0.1, 0.15) is 0 Å². The second kappa shape index (κ2) is 8.43. The summed E-state index contributed by atoms with van der Waals surface area (Å²) in [5.41, 5.74) is 1.02. The van der Waals surface area contributed by atoms with Gasteiger partial charge in [0.2, 0.25) is 10.0 Å². The fourth-order valence-electron chi connectivity index (χ4n) is 1.56. The monoisotopic (exact) mass is 310 g/mol. The van der Waals surface area contributed by atoms with E-state index in [2.05, 4.69) is 26.9 Å². The molecule has 3 N–H and O–H groups in total. The molecular weight excluding hydrogens is 288 g/mol. The summed E-state index contributed by atoms with van der Waals surface area (Å²) in [6.07, 6.45) is 1.72. The molecule has 7 heteroatoms. The maximum absolute atomic E-state index is 12.0. The fraction of sp³-hybridized carbons (Fsp3) is 0.357. The number of sulfonamides is 1. The topological polar surface area (TPSA) is 82.6 Å². The minimum atomic E-state index is -3.47. The Hall–Kier alpha value is -1.86. The van der Waals surface area contributed by atoms with Crippen molar-refractivity contribution < 1.29 is 8.42 Å². The van der Waals surface area contributed by atoms with Gasteiger partial charge in [-0.3, -0.25) is 4.99 Å². The van der Waals surface area contributed by atoms with Crippen LogP contribution in [0.1, 0.15) is 5.56 Å². The van der Waals surface area contributed by atoms with Crippen molar-refractivity contribution in [3.8, 4) is 0 Å². The van der Waals surface area contributed by atoms with Gasteiger partial charge in [0.05, 0.1) is 4.90 Å². The number of aryl methyl sites for hydroxylation is 1. The molecule has 0 aliphatic rings. The van der Waals surface area contributed by atoms with Gasteiger partial charge in [-0.15, -0.1) is 6.58 Å². The highest BCUT2D eigenvalue weighted by Crippen LogP contribution is 2.09. The van der Waals surface area contributed by atoms with Crippen molar-refractivity contribution in [2.75, 3.05) is 26.7 Å². The van der Waals surface area contributed by atoms with Crippen molar-refractivity contribution in [3.05, 3.63) is 42.5 Å². The Bertz CT molecular complexity index is 579. The van der Waals surface area contributed by atoms with E-state index < -0.39 is 10.0 Å².